The van der Waals surface area contributed by atoms with Crippen LogP contribution >= 0.6 is 0 Å². The van der Waals surface area contributed by atoms with Crippen molar-refractivity contribution in [2.24, 2.45) is 0 Å². The van der Waals surface area contributed by atoms with E-state index in [4.69, 9.17) is 9.84 Å². The highest BCUT2D eigenvalue weighted by molar-refractivity contribution is 5.75. The Morgan fingerprint density at radius 3 is 2.48 bits per heavy atom. The van der Waals surface area contributed by atoms with Gasteiger partial charge in [-0.2, -0.15) is 0 Å². The standard InChI is InChI=1S/C18H22N2O3/c1-20(12-13-21)18(22)19-17(14-8-4-3-5-9-14)15-10-6-7-11-16(15)23-2/h3-11,17,21H,12-13H2,1-2H3,(H,19,22). The summed E-state index contributed by atoms with van der Waals surface area (Å²) in [5.74, 6) is 0.714. The molecule has 0 saturated heterocycles. The van der Waals surface area contributed by atoms with Crippen LogP contribution in [0.15, 0.2) is 54.6 Å². The monoisotopic (exact) mass is 314 g/mol. The summed E-state index contributed by atoms with van der Waals surface area (Å²) in [6, 6.07) is 16.7. The fourth-order valence-electron chi connectivity index (χ4n) is 2.38. The van der Waals surface area contributed by atoms with Crippen LogP contribution in [0.5, 0.6) is 5.75 Å². The third kappa shape index (κ3) is 4.23. The number of nitrogens with one attached hydrogen (secondary N) is 1. The van der Waals surface area contributed by atoms with Crippen molar-refractivity contribution in [1.82, 2.24) is 10.2 Å². The van der Waals surface area contributed by atoms with E-state index >= 15 is 0 Å². The van der Waals surface area contributed by atoms with Gasteiger partial charge in [-0.1, -0.05) is 48.5 Å². The van der Waals surface area contributed by atoms with Crippen molar-refractivity contribution in [3.63, 3.8) is 0 Å². The summed E-state index contributed by atoms with van der Waals surface area (Å²) < 4.78 is 5.43. The summed E-state index contributed by atoms with van der Waals surface area (Å²) in [6.07, 6.45) is 0. The van der Waals surface area contributed by atoms with Crippen LogP contribution in [0.4, 0.5) is 4.79 Å². The van der Waals surface area contributed by atoms with Gasteiger partial charge in [0.05, 0.1) is 19.8 Å². The van der Waals surface area contributed by atoms with Crippen molar-refractivity contribution in [1.29, 1.82) is 0 Å². The Labute approximate surface area is 136 Å². The average Bonchev–Trinajstić information content (AvgIpc) is 2.60. The minimum Gasteiger partial charge on any atom is -0.496 e. The van der Waals surface area contributed by atoms with Crippen molar-refractivity contribution >= 4 is 6.03 Å². The molecule has 1 atom stereocenters. The van der Waals surface area contributed by atoms with Gasteiger partial charge in [0, 0.05) is 19.2 Å². The maximum Gasteiger partial charge on any atom is 0.317 e. The molecule has 0 aliphatic rings. The second-order valence-corrected chi connectivity index (χ2v) is 5.18. The second-order valence-electron chi connectivity index (χ2n) is 5.18. The normalized spacial score (nSPS) is 11.6. The van der Waals surface area contributed by atoms with Crippen LogP contribution in [0.2, 0.25) is 0 Å². The molecule has 5 nitrogen and oxygen atoms in total. The minimum atomic E-state index is -0.332. The average molecular weight is 314 g/mol. The molecule has 0 spiro atoms. The minimum absolute atomic E-state index is 0.0748. The summed E-state index contributed by atoms with van der Waals surface area (Å²) >= 11 is 0. The topological polar surface area (TPSA) is 61.8 Å². The number of benzene rings is 2. The first-order chi connectivity index (χ1) is 11.2. The van der Waals surface area contributed by atoms with Gasteiger partial charge in [-0.3, -0.25) is 0 Å². The molecular weight excluding hydrogens is 292 g/mol. The molecule has 0 aliphatic heterocycles. The maximum absolute atomic E-state index is 12.4. The summed E-state index contributed by atoms with van der Waals surface area (Å²) in [7, 11) is 3.26. The second kappa shape index (κ2) is 8.19. The number of carbonyl (C=O) groups excluding carboxylic acids is 1. The Bertz CT molecular complexity index is 631. The van der Waals surface area contributed by atoms with Gasteiger partial charge in [-0.25, -0.2) is 4.79 Å². The molecule has 0 radical (unpaired) electrons. The van der Waals surface area contributed by atoms with Crippen LogP contribution in [-0.4, -0.2) is 43.3 Å². The lowest BCUT2D eigenvalue weighted by Gasteiger charge is -2.25. The number of urea groups is 1. The first-order valence-corrected chi connectivity index (χ1v) is 7.47. The van der Waals surface area contributed by atoms with Gasteiger partial charge in [-0.05, 0) is 11.6 Å². The predicted molar refractivity (Wildman–Crippen MR) is 89.5 cm³/mol. The van der Waals surface area contributed by atoms with Crippen LogP contribution < -0.4 is 10.1 Å². The highest BCUT2D eigenvalue weighted by Crippen LogP contribution is 2.29. The molecule has 0 bridgehead atoms. The number of ether oxygens (including phenoxy) is 1. The van der Waals surface area contributed by atoms with Crippen molar-refractivity contribution in [2.75, 3.05) is 27.3 Å². The van der Waals surface area contributed by atoms with Crippen LogP contribution in [0.3, 0.4) is 0 Å². The van der Waals surface area contributed by atoms with Crippen LogP contribution in [0.25, 0.3) is 0 Å². The van der Waals surface area contributed by atoms with E-state index in [1.165, 1.54) is 4.90 Å². The van der Waals surface area contributed by atoms with Gasteiger partial charge in [0.25, 0.3) is 0 Å². The van der Waals surface area contributed by atoms with E-state index < -0.39 is 0 Å². The quantitative estimate of drug-likeness (QED) is 0.861. The largest absolute Gasteiger partial charge is 0.496 e. The molecule has 2 N–H and O–H groups in total. The van der Waals surface area contributed by atoms with Crippen LogP contribution in [-0.2, 0) is 0 Å². The van der Waals surface area contributed by atoms with E-state index in [1.807, 2.05) is 54.6 Å². The highest BCUT2D eigenvalue weighted by Gasteiger charge is 2.21. The summed E-state index contributed by atoms with van der Waals surface area (Å²) in [5, 5.41) is 12.0. The first-order valence-electron chi connectivity index (χ1n) is 7.47. The SMILES string of the molecule is COc1ccccc1C(NC(=O)N(C)CCO)c1ccccc1. The molecule has 0 fully saturated rings. The number of carbonyl (C=O) groups is 1. The number of rotatable bonds is 6. The Morgan fingerprint density at radius 1 is 1.17 bits per heavy atom. The van der Waals surface area contributed by atoms with E-state index in [-0.39, 0.29) is 25.2 Å². The molecule has 2 aromatic carbocycles. The smallest absolute Gasteiger partial charge is 0.317 e. The molecule has 122 valence electrons. The molecule has 2 rings (SSSR count). The number of likely N-dealkylation sites (N-methyl/N-ethyl adjacent to an activating group) is 1. The van der Waals surface area contributed by atoms with E-state index in [9.17, 15) is 4.79 Å². The van der Waals surface area contributed by atoms with Crippen molar-refractivity contribution < 1.29 is 14.6 Å². The molecule has 0 aliphatic carbocycles. The fourth-order valence-corrected chi connectivity index (χ4v) is 2.38. The Hall–Kier alpha value is -2.53. The molecule has 23 heavy (non-hydrogen) atoms. The maximum atomic E-state index is 12.4. The Balaban J connectivity index is 2.35. The lowest BCUT2D eigenvalue weighted by atomic mass is 9.98. The van der Waals surface area contributed by atoms with E-state index in [0.717, 1.165) is 11.1 Å². The van der Waals surface area contributed by atoms with Crippen LogP contribution in [0.1, 0.15) is 17.2 Å². The van der Waals surface area contributed by atoms with Crippen LogP contribution in [0, 0.1) is 0 Å². The third-order valence-electron chi connectivity index (χ3n) is 3.63. The molecule has 0 saturated carbocycles. The number of hydrogen-bond acceptors (Lipinski definition) is 3. The molecular formula is C18H22N2O3. The van der Waals surface area contributed by atoms with E-state index in [2.05, 4.69) is 5.32 Å². The molecule has 5 heteroatoms. The number of aliphatic hydroxyl groups excluding tert-OH is 1. The zero-order valence-corrected chi connectivity index (χ0v) is 13.4. The van der Waals surface area contributed by atoms with E-state index in [1.54, 1.807) is 14.2 Å². The molecule has 2 amide bonds. The summed E-state index contributed by atoms with van der Waals surface area (Å²) in [4.78, 5) is 13.8. The number of para-hydroxylation sites is 1. The zero-order chi connectivity index (χ0) is 16.7. The van der Waals surface area contributed by atoms with Gasteiger partial charge in [-0.15, -0.1) is 0 Å². The van der Waals surface area contributed by atoms with Gasteiger partial charge < -0.3 is 20.1 Å². The number of methoxy groups -OCH3 is 1. The lowest BCUT2D eigenvalue weighted by molar-refractivity contribution is 0.188. The van der Waals surface area contributed by atoms with Crippen molar-refractivity contribution in [2.45, 2.75) is 6.04 Å². The van der Waals surface area contributed by atoms with Gasteiger partial charge in [0.2, 0.25) is 0 Å². The van der Waals surface area contributed by atoms with Crippen molar-refractivity contribution in [3.8, 4) is 5.75 Å². The number of hydrogen-bond donors (Lipinski definition) is 2. The van der Waals surface area contributed by atoms with Crippen molar-refractivity contribution in [3.05, 3.63) is 65.7 Å². The highest BCUT2D eigenvalue weighted by atomic mass is 16.5. The predicted octanol–water partition coefficient (Wildman–Crippen LogP) is 2.42. The van der Waals surface area contributed by atoms with Gasteiger partial charge in [0.15, 0.2) is 0 Å². The third-order valence-corrected chi connectivity index (χ3v) is 3.63. The first kappa shape index (κ1) is 16.8. The lowest BCUT2D eigenvalue weighted by Crippen LogP contribution is -2.41. The zero-order valence-electron chi connectivity index (χ0n) is 13.4. The van der Waals surface area contributed by atoms with E-state index in [0.29, 0.717) is 5.75 Å². The van der Waals surface area contributed by atoms with Gasteiger partial charge in [0.1, 0.15) is 5.75 Å². The number of aliphatic hydroxyl groups is 1. The Kier molecular flexibility index (Phi) is 6.00. The summed E-state index contributed by atoms with van der Waals surface area (Å²) in [5.41, 5.74) is 1.84. The molecule has 0 aromatic heterocycles. The Morgan fingerprint density at radius 2 is 1.83 bits per heavy atom. The molecule has 2 aromatic rings. The molecule has 1 unspecified atom stereocenters. The molecule has 0 heterocycles. The fraction of sp³-hybridized carbons (Fsp3) is 0.278. The number of nitrogens with zero attached hydrogens (tertiary/aromatic N) is 1. The van der Waals surface area contributed by atoms with Gasteiger partial charge >= 0.3 is 6.03 Å². The summed E-state index contributed by atoms with van der Waals surface area (Å²) in [6.45, 7) is 0.202. The number of amides is 2.